The Bertz CT molecular complexity index is 678. The SMILES string of the molecule is CCNC(=NCCc1ccc(S(C)(=O)=O)cc1)NC1CCC(SC)C1.I. The van der Waals surface area contributed by atoms with E-state index in [9.17, 15) is 8.42 Å². The Morgan fingerprint density at radius 2 is 1.96 bits per heavy atom. The average Bonchev–Trinajstić information content (AvgIpc) is 3.02. The molecule has 1 aliphatic rings. The zero-order chi connectivity index (χ0) is 18.3. The van der Waals surface area contributed by atoms with Crippen LogP contribution in [-0.4, -0.2) is 51.3 Å². The van der Waals surface area contributed by atoms with Crippen LogP contribution in [0.15, 0.2) is 34.2 Å². The second-order valence-electron chi connectivity index (χ2n) is 6.44. The van der Waals surface area contributed by atoms with Gasteiger partial charge in [-0.2, -0.15) is 11.8 Å². The standard InChI is InChI=1S/C18H29N3O2S2.HI/c1-4-19-18(21-15-7-8-16(13-15)24-2)20-12-11-14-5-9-17(10-6-14)25(3,22)23;/h5-6,9-10,15-16H,4,7-8,11-13H2,1-3H3,(H2,19,20,21);1H. The minimum absolute atomic E-state index is 0. The van der Waals surface area contributed by atoms with Gasteiger partial charge in [0.05, 0.1) is 4.90 Å². The third kappa shape index (κ3) is 7.64. The molecule has 148 valence electrons. The summed E-state index contributed by atoms with van der Waals surface area (Å²) in [6.45, 7) is 3.58. The zero-order valence-electron chi connectivity index (χ0n) is 15.7. The molecule has 2 atom stereocenters. The van der Waals surface area contributed by atoms with Crippen molar-refractivity contribution < 1.29 is 8.42 Å². The van der Waals surface area contributed by atoms with Gasteiger partial charge in [0, 0.05) is 30.6 Å². The molecular formula is C18H30IN3O2S2. The molecule has 0 amide bonds. The predicted molar refractivity (Wildman–Crippen MR) is 123 cm³/mol. The maximum absolute atomic E-state index is 11.5. The highest BCUT2D eigenvalue weighted by Crippen LogP contribution is 2.28. The van der Waals surface area contributed by atoms with Crippen molar-refractivity contribution in [3.63, 3.8) is 0 Å². The molecular weight excluding hydrogens is 481 g/mol. The smallest absolute Gasteiger partial charge is 0.191 e. The van der Waals surface area contributed by atoms with Crippen LogP contribution in [0.5, 0.6) is 0 Å². The van der Waals surface area contributed by atoms with Gasteiger partial charge in [0.1, 0.15) is 0 Å². The number of halogens is 1. The Balaban J connectivity index is 0.00000338. The Morgan fingerprint density at radius 1 is 1.27 bits per heavy atom. The van der Waals surface area contributed by atoms with E-state index >= 15 is 0 Å². The summed E-state index contributed by atoms with van der Waals surface area (Å²) < 4.78 is 23.0. The molecule has 0 heterocycles. The molecule has 1 aromatic rings. The number of sulfone groups is 1. The number of hydrogen-bond donors (Lipinski definition) is 2. The molecule has 0 saturated heterocycles. The third-order valence-corrected chi connectivity index (χ3v) is 6.65. The molecule has 1 fully saturated rings. The first-order valence-electron chi connectivity index (χ1n) is 8.79. The molecule has 0 bridgehead atoms. The van der Waals surface area contributed by atoms with Gasteiger partial charge < -0.3 is 10.6 Å². The molecule has 2 rings (SSSR count). The largest absolute Gasteiger partial charge is 0.357 e. The molecule has 8 heteroatoms. The summed E-state index contributed by atoms with van der Waals surface area (Å²) in [5, 5.41) is 7.61. The predicted octanol–water partition coefficient (Wildman–Crippen LogP) is 3.09. The van der Waals surface area contributed by atoms with Crippen LogP contribution >= 0.6 is 35.7 Å². The van der Waals surface area contributed by atoms with Crippen LogP contribution in [0.1, 0.15) is 31.7 Å². The van der Waals surface area contributed by atoms with E-state index in [1.165, 1.54) is 25.5 Å². The highest BCUT2D eigenvalue weighted by atomic mass is 127. The van der Waals surface area contributed by atoms with Gasteiger partial charge >= 0.3 is 0 Å². The molecule has 1 aliphatic carbocycles. The molecule has 2 unspecified atom stereocenters. The van der Waals surface area contributed by atoms with Gasteiger partial charge in [0.2, 0.25) is 0 Å². The van der Waals surface area contributed by atoms with E-state index in [2.05, 4.69) is 28.8 Å². The minimum atomic E-state index is -3.13. The fourth-order valence-corrected chi connectivity index (χ4v) is 4.43. The number of hydrogen-bond acceptors (Lipinski definition) is 4. The van der Waals surface area contributed by atoms with Gasteiger partial charge in [0.15, 0.2) is 15.8 Å². The maximum Gasteiger partial charge on any atom is 0.191 e. The van der Waals surface area contributed by atoms with E-state index in [-0.39, 0.29) is 24.0 Å². The van der Waals surface area contributed by atoms with E-state index in [1.807, 2.05) is 23.9 Å². The molecule has 0 spiro atoms. The number of rotatable bonds is 7. The van der Waals surface area contributed by atoms with Crippen molar-refractivity contribution in [2.24, 2.45) is 4.99 Å². The number of nitrogens with one attached hydrogen (secondary N) is 2. The maximum atomic E-state index is 11.5. The van der Waals surface area contributed by atoms with Crippen LogP contribution in [0, 0.1) is 0 Å². The van der Waals surface area contributed by atoms with Gasteiger partial charge in [-0.3, -0.25) is 4.99 Å². The summed E-state index contributed by atoms with van der Waals surface area (Å²) in [6.07, 6.45) is 7.86. The van der Waals surface area contributed by atoms with Crippen molar-refractivity contribution in [3.05, 3.63) is 29.8 Å². The first-order valence-corrected chi connectivity index (χ1v) is 12.0. The minimum Gasteiger partial charge on any atom is -0.357 e. The van der Waals surface area contributed by atoms with E-state index in [0.717, 1.165) is 29.7 Å². The van der Waals surface area contributed by atoms with Crippen molar-refractivity contribution in [1.82, 2.24) is 10.6 Å². The van der Waals surface area contributed by atoms with Crippen LogP contribution in [-0.2, 0) is 16.3 Å². The van der Waals surface area contributed by atoms with Gasteiger partial charge in [-0.25, -0.2) is 8.42 Å². The summed E-state index contributed by atoms with van der Waals surface area (Å²) in [6, 6.07) is 7.57. The molecule has 26 heavy (non-hydrogen) atoms. The lowest BCUT2D eigenvalue weighted by Gasteiger charge is -2.17. The molecule has 1 saturated carbocycles. The van der Waals surface area contributed by atoms with Crippen LogP contribution in [0.2, 0.25) is 0 Å². The Labute approximate surface area is 179 Å². The summed E-state index contributed by atoms with van der Waals surface area (Å²) in [5.41, 5.74) is 1.09. The van der Waals surface area contributed by atoms with Gasteiger partial charge in [0.25, 0.3) is 0 Å². The fourth-order valence-electron chi connectivity index (χ4n) is 3.00. The van der Waals surface area contributed by atoms with E-state index in [0.29, 0.717) is 17.5 Å². The van der Waals surface area contributed by atoms with E-state index < -0.39 is 9.84 Å². The van der Waals surface area contributed by atoms with Crippen molar-refractivity contribution in [2.75, 3.05) is 25.6 Å². The molecule has 0 aliphatic heterocycles. The Morgan fingerprint density at radius 3 is 2.50 bits per heavy atom. The summed E-state index contributed by atoms with van der Waals surface area (Å²) in [4.78, 5) is 5.02. The van der Waals surface area contributed by atoms with Gasteiger partial charge in [-0.15, -0.1) is 24.0 Å². The van der Waals surface area contributed by atoms with Crippen molar-refractivity contribution in [3.8, 4) is 0 Å². The van der Waals surface area contributed by atoms with Crippen LogP contribution in [0.25, 0.3) is 0 Å². The lowest BCUT2D eigenvalue weighted by molar-refractivity contribution is 0.602. The zero-order valence-corrected chi connectivity index (χ0v) is 19.7. The molecule has 0 aromatic heterocycles. The Hall–Kier alpha value is -0.480. The molecule has 0 radical (unpaired) electrons. The third-order valence-electron chi connectivity index (χ3n) is 4.42. The average molecular weight is 511 g/mol. The van der Waals surface area contributed by atoms with Gasteiger partial charge in [-0.05, 0) is 56.6 Å². The van der Waals surface area contributed by atoms with E-state index in [1.54, 1.807) is 12.1 Å². The summed E-state index contributed by atoms with van der Waals surface area (Å²) >= 11 is 1.95. The van der Waals surface area contributed by atoms with Crippen LogP contribution in [0.4, 0.5) is 0 Å². The van der Waals surface area contributed by atoms with E-state index in [4.69, 9.17) is 0 Å². The number of nitrogens with zero attached hydrogens (tertiary/aromatic N) is 1. The number of guanidine groups is 1. The first-order chi connectivity index (χ1) is 11.9. The molecule has 1 aromatic carbocycles. The van der Waals surface area contributed by atoms with Crippen molar-refractivity contribution in [1.29, 1.82) is 0 Å². The van der Waals surface area contributed by atoms with Crippen molar-refractivity contribution >= 4 is 51.5 Å². The Kier molecular flexibility index (Phi) is 10.3. The molecule has 2 N–H and O–H groups in total. The number of benzene rings is 1. The van der Waals surface area contributed by atoms with Crippen LogP contribution < -0.4 is 10.6 Å². The number of aliphatic imine (C=N–C) groups is 1. The lowest BCUT2D eigenvalue weighted by atomic mass is 10.1. The quantitative estimate of drug-likeness (QED) is 0.335. The topological polar surface area (TPSA) is 70.6 Å². The molecule has 5 nitrogen and oxygen atoms in total. The summed E-state index contributed by atoms with van der Waals surface area (Å²) in [5.74, 6) is 0.877. The lowest BCUT2D eigenvalue weighted by Crippen LogP contribution is -2.42. The first kappa shape index (κ1) is 23.6. The van der Waals surface area contributed by atoms with Gasteiger partial charge in [-0.1, -0.05) is 12.1 Å². The summed E-state index contributed by atoms with van der Waals surface area (Å²) in [7, 11) is -3.13. The van der Waals surface area contributed by atoms with Crippen molar-refractivity contribution in [2.45, 2.75) is 48.8 Å². The normalized spacial score (nSPS) is 20.5. The van der Waals surface area contributed by atoms with Crippen LogP contribution in [0.3, 0.4) is 0 Å². The number of thioether (sulfide) groups is 1. The highest BCUT2D eigenvalue weighted by molar-refractivity contribution is 14.0. The highest BCUT2D eigenvalue weighted by Gasteiger charge is 2.24. The fraction of sp³-hybridized carbons (Fsp3) is 0.611. The monoisotopic (exact) mass is 511 g/mol. The second-order valence-corrected chi connectivity index (χ2v) is 9.59. The second kappa shape index (κ2) is 11.4.